The molecule has 2 aromatic heterocycles. The lowest BCUT2D eigenvalue weighted by molar-refractivity contribution is 0.0991. The zero-order valence-electron chi connectivity index (χ0n) is 9.54. The van der Waals surface area contributed by atoms with E-state index >= 15 is 0 Å². The molecule has 0 saturated carbocycles. The third-order valence-corrected chi connectivity index (χ3v) is 2.72. The first-order chi connectivity index (χ1) is 8.84. The molecule has 0 atom stereocenters. The summed E-state index contributed by atoms with van der Waals surface area (Å²) in [6.07, 6.45) is 4.94. The molecule has 0 spiro atoms. The minimum atomic E-state index is -0.0360. The smallest absolute Gasteiger partial charge is 0.174 e. The van der Waals surface area contributed by atoms with Crippen LogP contribution in [0.5, 0.6) is 0 Å². The SMILES string of the molecule is O=C(Cc1ncccn1)c1coc2ccccc12. The van der Waals surface area contributed by atoms with Gasteiger partial charge in [0.15, 0.2) is 5.78 Å². The van der Waals surface area contributed by atoms with Crippen LogP contribution in [0.15, 0.2) is 53.4 Å². The van der Waals surface area contributed by atoms with E-state index < -0.39 is 0 Å². The molecule has 18 heavy (non-hydrogen) atoms. The van der Waals surface area contributed by atoms with Gasteiger partial charge < -0.3 is 4.42 Å². The molecule has 2 heterocycles. The number of rotatable bonds is 3. The fourth-order valence-corrected chi connectivity index (χ4v) is 1.85. The Labute approximate surface area is 103 Å². The normalized spacial score (nSPS) is 10.7. The van der Waals surface area contributed by atoms with Crippen LogP contribution >= 0.6 is 0 Å². The molecule has 0 aliphatic carbocycles. The summed E-state index contributed by atoms with van der Waals surface area (Å²) >= 11 is 0. The van der Waals surface area contributed by atoms with Crippen molar-refractivity contribution in [1.82, 2.24) is 9.97 Å². The van der Waals surface area contributed by atoms with Crippen LogP contribution in [-0.2, 0) is 6.42 Å². The van der Waals surface area contributed by atoms with Crippen molar-refractivity contribution in [2.45, 2.75) is 6.42 Å². The van der Waals surface area contributed by atoms with E-state index in [9.17, 15) is 4.79 Å². The molecule has 1 aromatic carbocycles. The van der Waals surface area contributed by atoms with E-state index in [-0.39, 0.29) is 12.2 Å². The molecule has 3 aromatic rings. The number of fused-ring (bicyclic) bond motifs is 1. The molecule has 4 nitrogen and oxygen atoms in total. The highest BCUT2D eigenvalue weighted by Crippen LogP contribution is 2.21. The van der Waals surface area contributed by atoms with Gasteiger partial charge in [-0.05, 0) is 12.1 Å². The number of carbonyl (C=O) groups is 1. The van der Waals surface area contributed by atoms with Crippen molar-refractivity contribution >= 4 is 16.8 Å². The highest BCUT2D eigenvalue weighted by molar-refractivity contribution is 6.07. The van der Waals surface area contributed by atoms with Crippen molar-refractivity contribution in [2.24, 2.45) is 0 Å². The summed E-state index contributed by atoms with van der Waals surface area (Å²) in [5, 5.41) is 0.832. The summed E-state index contributed by atoms with van der Waals surface area (Å²) < 4.78 is 5.35. The zero-order valence-corrected chi connectivity index (χ0v) is 9.54. The van der Waals surface area contributed by atoms with Crippen LogP contribution in [0.25, 0.3) is 11.0 Å². The Morgan fingerprint density at radius 2 is 1.89 bits per heavy atom. The Balaban J connectivity index is 1.93. The number of hydrogen-bond donors (Lipinski definition) is 0. The lowest BCUT2D eigenvalue weighted by atomic mass is 10.1. The summed E-state index contributed by atoms with van der Waals surface area (Å²) in [7, 11) is 0. The number of nitrogens with zero attached hydrogens (tertiary/aromatic N) is 2. The quantitative estimate of drug-likeness (QED) is 0.658. The fraction of sp³-hybridized carbons (Fsp3) is 0.0714. The van der Waals surface area contributed by atoms with Crippen LogP contribution < -0.4 is 0 Å². The van der Waals surface area contributed by atoms with E-state index in [2.05, 4.69) is 9.97 Å². The number of hydrogen-bond acceptors (Lipinski definition) is 4. The van der Waals surface area contributed by atoms with Crippen LogP contribution in [0.1, 0.15) is 16.2 Å². The number of benzene rings is 1. The molecule has 0 saturated heterocycles. The van der Waals surface area contributed by atoms with E-state index in [1.807, 2.05) is 24.3 Å². The Morgan fingerprint density at radius 3 is 2.72 bits per heavy atom. The first-order valence-corrected chi connectivity index (χ1v) is 5.60. The van der Waals surface area contributed by atoms with E-state index in [0.29, 0.717) is 11.4 Å². The van der Waals surface area contributed by atoms with E-state index in [1.54, 1.807) is 18.5 Å². The molecule has 0 radical (unpaired) electrons. The van der Waals surface area contributed by atoms with Gasteiger partial charge in [-0.2, -0.15) is 0 Å². The Bertz CT molecular complexity index is 689. The van der Waals surface area contributed by atoms with Gasteiger partial charge in [-0.1, -0.05) is 18.2 Å². The molecule has 0 fully saturated rings. The first kappa shape index (κ1) is 10.7. The fourth-order valence-electron chi connectivity index (χ4n) is 1.85. The Morgan fingerprint density at radius 1 is 1.11 bits per heavy atom. The van der Waals surface area contributed by atoms with Crippen molar-refractivity contribution in [3.63, 3.8) is 0 Å². The van der Waals surface area contributed by atoms with E-state index in [4.69, 9.17) is 4.42 Å². The molecule has 3 rings (SSSR count). The predicted octanol–water partition coefficient (Wildman–Crippen LogP) is 2.65. The third kappa shape index (κ3) is 1.88. The van der Waals surface area contributed by atoms with Crippen LogP contribution in [0.3, 0.4) is 0 Å². The van der Waals surface area contributed by atoms with Crippen molar-refractivity contribution < 1.29 is 9.21 Å². The minimum Gasteiger partial charge on any atom is -0.464 e. The number of para-hydroxylation sites is 1. The molecule has 0 N–H and O–H groups in total. The summed E-state index contributed by atoms with van der Waals surface area (Å²) in [5.74, 6) is 0.485. The van der Waals surface area contributed by atoms with Crippen molar-refractivity contribution in [3.8, 4) is 0 Å². The van der Waals surface area contributed by atoms with E-state index in [0.717, 1.165) is 11.0 Å². The molecule has 4 heteroatoms. The van der Waals surface area contributed by atoms with Gasteiger partial charge >= 0.3 is 0 Å². The summed E-state index contributed by atoms with van der Waals surface area (Å²) in [4.78, 5) is 20.2. The lowest BCUT2D eigenvalue weighted by Crippen LogP contribution is -2.05. The number of carbonyl (C=O) groups excluding carboxylic acids is 1. The molecule has 88 valence electrons. The van der Waals surface area contributed by atoms with Crippen LogP contribution in [0, 0.1) is 0 Å². The summed E-state index contributed by atoms with van der Waals surface area (Å²) in [6, 6.07) is 9.19. The monoisotopic (exact) mass is 238 g/mol. The van der Waals surface area contributed by atoms with Gasteiger partial charge in [0, 0.05) is 17.8 Å². The average molecular weight is 238 g/mol. The van der Waals surface area contributed by atoms with Crippen molar-refractivity contribution in [3.05, 3.63) is 60.4 Å². The summed E-state index contributed by atoms with van der Waals surface area (Å²) in [5.41, 5.74) is 1.30. The second-order valence-corrected chi connectivity index (χ2v) is 3.91. The molecule has 0 aliphatic rings. The van der Waals surface area contributed by atoms with Gasteiger partial charge in [0.25, 0.3) is 0 Å². The van der Waals surface area contributed by atoms with Gasteiger partial charge in [0.2, 0.25) is 0 Å². The van der Waals surface area contributed by atoms with Crippen molar-refractivity contribution in [2.75, 3.05) is 0 Å². The van der Waals surface area contributed by atoms with Gasteiger partial charge in [-0.3, -0.25) is 4.79 Å². The van der Waals surface area contributed by atoms with Gasteiger partial charge in [0.05, 0.1) is 12.0 Å². The first-order valence-electron chi connectivity index (χ1n) is 5.60. The second-order valence-electron chi connectivity index (χ2n) is 3.91. The standard InChI is InChI=1S/C14H10N2O2/c17-12(8-14-15-6-3-7-16-14)11-9-18-13-5-2-1-4-10(11)13/h1-7,9H,8H2. The maximum atomic E-state index is 12.1. The number of ketones is 1. The Hall–Kier alpha value is -2.49. The largest absolute Gasteiger partial charge is 0.464 e. The molecular weight excluding hydrogens is 228 g/mol. The highest BCUT2D eigenvalue weighted by atomic mass is 16.3. The molecule has 0 unspecified atom stereocenters. The molecular formula is C14H10N2O2. The van der Waals surface area contributed by atoms with Crippen LogP contribution in [-0.4, -0.2) is 15.8 Å². The highest BCUT2D eigenvalue weighted by Gasteiger charge is 2.14. The van der Waals surface area contributed by atoms with Gasteiger partial charge in [-0.25, -0.2) is 9.97 Å². The number of aromatic nitrogens is 2. The lowest BCUT2D eigenvalue weighted by Gasteiger charge is -1.97. The number of furan rings is 1. The zero-order chi connectivity index (χ0) is 12.4. The van der Waals surface area contributed by atoms with Crippen LogP contribution in [0.4, 0.5) is 0 Å². The maximum absolute atomic E-state index is 12.1. The number of Topliss-reactive ketones (excluding diaryl/α,β-unsaturated/α-hetero) is 1. The van der Waals surface area contributed by atoms with Gasteiger partial charge in [-0.15, -0.1) is 0 Å². The maximum Gasteiger partial charge on any atom is 0.174 e. The van der Waals surface area contributed by atoms with E-state index in [1.165, 1.54) is 6.26 Å². The average Bonchev–Trinajstić information content (AvgIpc) is 2.84. The molecule has 0 amide bonds. The summed E-state index contributed by atoms with van der Waals surface area (Å²) in [6.45, 7) is 0. The second kappa shape index (κ2) is 4.41. The van der Waals surface area contributed by atoms with Crippen LogP contribution in [0.2, 0.25) is 0 Å². The molecule has 0 aliphatic heterocycles. The topological polar surface area (TPSA) is 56.0 Å². The third-order valence-electron chi connectivity index (χ3n) is 2.72. The Kier molecular flexibility index (Phi) is 2.61. The molecule has 0 bridgehead atoms. The predicted molar refractivity (Wildman–Crippen MR) is 66.3 cm³/mol. The van der Waals surface area contributed by atoms with Gasteiger partial charge in [0.1, 0.15) is 17.7 Å². The van der Waals surface area contributed by atoms with Crippen molar-refractivity contribution in [1.29, 1.82) is 0 Å². The minimum absolute atomic E-state index is 0.0360.